The zero-order chi connectivity index (χ0) is 28.3. The molecule has 2 amide bonds. The second kappa shape index (κ2) is 14.3. The molecule has 0 fully saturated rings. The molecule has 4 rings (SSSR count). The number of unbranched alkanes of at least 4 members (excludes halogenated alkanes) is 2. The Labute approximate surface area is 234 Å². The molecule has 40 heavy (non-hydrogen) atoms. The van der Waals surface area contributed by atoms with Crippen molar-refractivity contribution in [2.45, 2.75) is 57.3 Å². The van der Waals surface area contributed by atoms with E-state index in [1.54, 1.807) is 6.92 Å². The monoisotopic (exact) mass is 544 g/mol. The first-order valence-corrected chi connectivity index (χ1v) is 13.7. The summed E-state index contributed by atoms with van der Waals surface area (Å²) in [6.45, 7) is 2.59. The van der Waals surface area contributed by atoms with Crippen molar-refractivity contribution in [3.63, 3.8) is 0 Å². The third kappa shape index (κ3) is 7.70. The van der Waals surface area contributed by atoms with Crippen LogP contribution >= 0.6 is 0 Å². The van der Waals surface area contributed by atoms with Crippen molar-refractivity contribution in [1.82, 2.24) is 10.6 Å². The highest BCUT2D eigenvalue weighted by Crippen LogP contribution is 2.44. The second-order valence-corrected chi connectivity index (χ2v) is 9.95. The van der Waals surface area contributed by atoms with Crippen LogP contribution in [0.5, 0.6) is 0 Å². The third-order valence-electron chi connectivity index (χ3n) is 7.10. The van der Waals surface area contributed by atoms with E-state index in [1.165, 1.54) is 11.1 Å². The molecule has 2 atom stereocenters. The summed E-state index contributed by atoms with van der Waals surface area (Å²) in [4.78, 5) is 36.3. The predicted molar refractivity (Wildman–Crippen MR) is 152 cm³/mol. The lowest BCUT2D eigenvalue weighted by Crippen LogP contribution is -2.48. The highest BCUT2D eigenvalue weighted by atomic mass is 16.5. The van der Waals surface area contributed by atoms with E-state index in [9.17, 15) is 19.5 Å². The van der Waals surface area contributed by atoms with Crippen LogP contribution in [0.3, 0.4) is 0 Å². The van der Waals surface area contributed by atoms with Crippen molar-refractivity contribution in [3.05, 3.63) is 95.6 Å². The molecule has 0 saturated heterocycles. The molecule has 1 aliphatic carbocycles. The third-order valence-corrected chi connectivity index (χ3v) is 7.10. The minimum absolute atomic E-state index is 0.0118. The molecule has 8 nitrogen and oxygen atoms in total. The molecular weight excluding hydrogens is 508 g/mol. The summed E-state index contributed by atoms with van der Waals surface area (Å²) in [7, 11) is 0. The molecule has 0 aliphatic heterocycles. The quantitative estimate of drug-likeness (QED) is 0.239. The molecule has 8 heteroatoms. The molecule has 0 bridgehead atoms. The molecule has 0 spiro atoms. The lowest BCUT2D eigenvalue weighted by atomic mass is 9.98. The number of benzene rings is 3. The van der Waals surface area contributed by atoms with Gasteiger partial charge in [0.05, 0.1) is 12.7 Å². The van der Waals surface area contributed by atoms with Crippen molar-refractivity contribution in [1.29, 1.82) is 0 Å². The summed E-state index contributed by atoms with van der Waals surface area (Å²) in [5.41, 5.74) is 5.62. The van der Waals surface area contributed by atoms with E-state index in [-0.39, 0.29) is 31.5 Å². The lowest BCUT2D eigenvalue weighted by molar-refractivity contribution is -0.146. The number of amides is 2. The Hall–Kier alpha value is -4.17. The average Bonchev–Trinajstić information content (AvgIpc) is 3.29. The number of hydrogen-bond acceptors (Lipinski definition) is 5. The van der Waals surface area contributed by atoms with Gasteiger partial charge in [-0.3, -0.25) is 4.79 Å². The van der Waals surface area contributed by atoms with Crippen molar-refractivity contribution in [2.24, 2.45) is 0 Å². The topological polar surface area (TPSA) is 114 Å². The van der Waals surface area contributed by atoms with E-state index < -0.39 is 24.2 Å². The van der Waals surface area contributed by atoms with Crippen LogP contribution < -0.4 is 10.6 Å². The molecule has 0 radical (unpaired) electrons. The van der Waals surface area contributed by atoms with Gasteiger partial charge in [-0.25, -0.2) is 9.59 Å². The number of nitrogens with one attached hydrogen (secondary N) is 2. The molecule has 3 N–H and O–H groups in total. The van der Waals surface area contributed by atoms with Crippen molar-refractivity contribution in [2.75, 3.05) is 13.2 Å². The average molecular weight is 545 g/mol. The number of rotatable bonds is 14. The van der Waals surface area contributed by atoms with E-state index in [0.717, 1.165) is 16.7 Å². The zero-order valence-corrected chi connectivity index (χ0v) is 22.7. The van der Waals surface area contributed by atoms with Crippen LogP contribution in [-0.4, -0.2) is 48.4 Å². The van der Waals surface area contributed by atoms with E-state index in [0.29, 0.717) is 25.8 Å². The van der Waals surface area contributed by atoms with Crippen molar-refractivity contribution in [3.8, 4) is 11.1 Å². The summed E-state index contributed by atoms with van der Waals surface area (Å²) in [6.07, 6.45) is 0.992. The maximum Gasteiger partial charge on any atom is 0.407 e. The molecular formula is C32H36N2O6. The predicted octanol–water partition coefficient (Wildman–Crippen LogP) is 5.26. The Morgan fingerprint density at radius 1 is 0.850 bits per heavy atom. The van der Waals surface area contributed by atoms with Gasteiger partial charge < -0.3 is 25.2 Å². The largest absolute Gasteiger partial charge is 0.480 e. The Morgan fingerprint density at radius 2 is 1.48 bits per heavy atom. The molecule has 210 valence electrons. The SMILES string of the molecule is C[C@@H](OCc1ccccc1)[C@H](NC(=O)CCCCCNC(=O)OCC1c2ccccc2-c2ccccc21)C(=O)O. The number of aliphatic carboxylic acids is 1. The summed E-state index contributed by atoms with van der Waals surface area (Å²) in [6, 6.07) is 24.7. The first-order chi connectivity index (χ1) is 19.4. The maximum atomic E-state index is 12.3. The molecule has 3 aromatic carbocycles. The Morgan fingerprint density at radius 3 is 2.12 bits per heavy atom. The van der Waals surface area contributed by atoms with E-state index in [2.05, 4.69) is 34.9 Å². The minimum Gasteiger partial charge on any atom is -0.480 e. The van der Waals surface area contributed by atoms with Gasteiger partial charge in [0.15, 0.2) is 6.04 Å². The molecule has 0 saturated carbocycles. The van der Waals surface area contributed by atoms with Crippen LogP contribution in [0, 0.1) is 0 Å². The number of fused-ring (bicyclic) bond motifs is 3. The van der Waals surface area contributed by atoms with Gasteiger partial charge in [0.1, 0.15) is 6.61 Å². The van der Waals surface area contributed by atoms with Crippen LogP contribution in [0.4, 0.5) is 4.79 Å². The number of carbonyl (C=O) groups is 3. The number of carboxylic acid groups (broad SMARTS) is 1. The van der Waals surface area contributed by atoms with Gasteiger partial charge in [-0.05, 0) is 47.6 Å². The van der Waals surface area contributed by atoms with Crippen LogP contribution in [0.15, 0.2) is 78.9 Å². The molecule has 0 unspecified atom stereocenters. The van der Waals surface area contributed by atoms with Crippen LogP contribution in [0.25, 0.3) is 11.1 Å². The number of carboxylic acids is 1. The second-order valence-electron chi connectivity index (χ2n) is 9.95. The van der Waals surface area contributed by atoms with E-state index in [1.807, 2.05) is 54.6 Å². The first-order valence-electron chi connectivity index (χ1n) is 13.7. The number of carbonyl (C=O) groups excluding carboxylic acids is 2. The van der Waals surface area contributed by atoms with Crippen LogP contribution in [0.2, 0.25) is 0 Å². The fraction of sp³-hybridized carbons (Fsp3) is 0.344. The highest BCUT2D eigenvalue weighted by Gasteiger charge is 2.29. The lowest BCUT2D eigenvalue weighted by Gasteiger charge is -2.22. The van der Waals surface area contributed by atoms with E-state index >= 15 is 0 Å². The van der Waals surface area contributed by atoms with Crippen molar-refractivity contribution < 1.29 is 29.0 Å². The number of hydrogen-bond donors (Lipinski definition) is 3. The van der Waals surface area contributed by atoms with Crippen LogP contribution in [-0.2, 0) is 25.7 Å². The van der Waals surface area contributed by atoms with Gasteiger partial charge in [0.25, 0.3) is 0 Å². The van der Waals surface area contributed by atoms with Gasteiger partial charge >= 0.3 is 12.1 Å². The molecule has 1 aliphatic rings. The number of alkyl carbamates (subject to hydrolysis) is 1. The fourth-order valence-electron chi connectivity index (χ4n) is 4.95. The normalized spacial score (nSPS) is 13.5. The van der Waals surface area contributed by atoms with E-state index in [4.69, 9.17) is 9.47 Å². The minimum atomic E-state index is -1.14. The van der Waals surface area contributed by atoms with Gasteiger partial charge in [-0.1, -0.05) is 85.3 Å². The highest BCUT2D eigenvalue weighted by molar-refractivity contribution is 5.84. The Bertz CT molecular complexity index is 1250. The van der Waals surface area contributed by atoms with Gasteiger partial charge in [-0.2, -0.15) is 0 Å². The Balaban J connectivity index is 1.11. The smallest absolute Gasteiger partial charge is 0.407 e. The number of ether oxygens (including phenoxy) is 2. The van der Waals surface area contributed by atoms with Gasteiger partial charge in [-0.15, -0.1) is 0 Å². The van der Waals surface area contributed by atoms with Crippen LogP contribution in [0.1, 0.15) is 55.2 Å². The molecule has 3 aromatic rings. The maximum absolute atomic E-state index is 12.3. The molecule has 0 aromatic heterocycles. The fourth-order valence-corrected chi connectivity index (χ4v) is 4.95. The van der Waals surface area contributed by atoms with Gasteiger partial charge in [0.2, 0.25) is 5.91 Å². The van der Waals surface area contributed by atoms with Gasteiger partial charge in [0, 0.05) is 18.9 Å². The summed E-state index contributed by atoms with van der Waals surface area (Å²) in [5.74, 6) is -1.47. The Kier molecular flexibility index (Phi) is 10.3. The summed E-state index contributed by atoms with van der Waals surface area (Å²) in [5, 5.41) is 14.9. The summed E-state index contributed by atoms with van der Waals surface area (Å²) < 4.78 is 11.2. The van der Waals surface area contributed by atoms with Crippen molar-refractivity contribution >= 4 is 18.0 Å². The first kappa shape index (κ1) is 28.8. The molecule has 0 heterocycles. The zero-order valence-electron chi connectivity index (χ0n) is 22.7. The standard InChI is InChI=1S/C32H36N2O6/c1-22(39-20-23-12-4-2-5-13-23)30(31(36)37)34-29(35)18-6-3-11-19-33-32(38)40-21-28-26-16-9-7-14-24(26)25-15-8-10-17-27(25)28/h2,4-5,7-10,12-17,22,28,30H,3,6,11,18-21H2,1H3,(H,33,38)(H,34,35)(H,36,37)/t22-,30+/m1/s1. The summed E-state index contributed by atoms with van der Waals surface area (Å²) >= 11 is 0.